The molecule has 0 spiro atoms. The quantitative estimate of drug-likeness (QED) is 0.845. The number of benzene rings is 1. The minimum Gasteiger partial charge on any atom is -0.454 e. The molecule has 5 rings (SSSR count). The number of nitrogens with zero attached hydrogens (tertiary/aromatic N) is 1. The van der Waals surface area contributed by atoms with Gasteiger partial charge in [-0.15, -0.1) is 11.3 Å². The van der Waals surface area contributed by atoms with Gasteiger partial charge < -0.3 is 14.8 Å². The molecule has 7 nitrogen and oxygen atoms in total. The van der Waals surface area contributed by atoms with Gasteiger partial charge in [0.15, 0.2) is 16.6 Å². The molecule has 0 unspecified atom stereocenters. The highest BCUT2D eigenvalue weighted by Gasteiger charge is 2.33. The molecule has 3 aliphatic rings. The van der Waals surface area contributed by atoms with Crippen LogP contribution in [-0.2, 0) is 11.2 Å². The predicted molar refractivity (Wildman–Crippen MR) is 99.5 cm³/mol. The van der Waals surface area contributed by atoms with E-state index in [-0.39, 0.29) is 24.5 Å². The van der Waals surface area contributed by atoms with Gasteiger partial charge in [0.05, 0.1) is 11.6 Å². The monoisotopic (exact) mass is 385 g/mol. The van der Waals surface area contributed by atoms with Crippen LogP contribution in [0.4, 0.5) is 5.13 Å². The topological polar surface area (TPSA) is 89.6 Å². The summed E-state index contributed by atoms with van der Waals surface area (Å²) < 4.78 is 10.6. The number of hydrogen-bond donors (Lipinski definition) is 2. The Balaban J connectivity index is 1.33. The number of carbonyl (C=O) groups excluding carboxylic acids is 2. The molecular formula is C19H19N3O4S. The first-order chi connectivity index (χ1) is 13.2. The summed E-state index contributed by atoms with van der Waals surface area (Å²) in [5.74, 6) is 0.816. The van der Waals surface area contributed by atoms with E-state index in [4.69, 9.17) is 9.47 Å². The van der Waals surface area contributed by atoms with Crippen molar-refractivity contribution < 1.29 is 19.1 Å². The Bertz CT molecular complexity index is 922. The molecule has 1 aromatic heterocycles. The van der Waals surface area contributed by atoms with Crippen molar-refractivity contribution in [3.05, 3.63) is 34.3 Å². The molecule has 1 aliphatic heterocycles. The molecule has 0 bridgehead atoms. The van der Waals surface area contributed by atoms with Crippen molar-refractivity contribution in [2.45, 2.75) is 44.1 Å². The summed E-state index contributed by atoms with van der Waals surface area (Å²) in [4.78, 5) is 30.8. The van der Waals surface area contributed by atoms with Gasteiger partial charge >= 0.3 is 0 Å². The van der Waals surface area contributed by atoms with Crippen LogP contribution in [0.1, 0.15) is 52.5 Å². The van der Waals surface area contributed by atoms with Crippen LogP contribution in [0.25, 0.3) is 0 Å². The van der Waals surface area contributed by atoms with Crippen LogP contribution in [0.3, 0.4) is 0 Å². The fraction of sp³-hybridized carbons (Fsp3) is 0.421. The highest BCUT2D eigenvalue weighted by molar-refractivity contribution is 7.16. The summed E-state index contributed by atoms with van der Waals surface area (Å²) in [6.07, 6.45) is 4.82. The van der Waals surface area contributed by atoms with E-state index in [0.29, 0.717) is 28.2 Å². The van der Waals surface area contributed by atoms with E-state index >= 15 is 0 Å². The highest BCUT2D eigenvalue weighted by Crippen LogP contribution is 2.38. The standard InChI is InChI=1S/C19H19N3O4S/c23-17(10-4-7-13-14(8-10)26-9-25-13)22-19-21-16-12(2-1-3-15(16)27-19)18(24)20-11-5-6-11/h4,7-8,11-12H,1-3,5-6,9H2,(H,20,24)(H,21,22,23)/t12-/m0/s1. The Morgan fingerprint density at radius 1 is 1.15 bits per heavy atom. The molecule has 8 heteroatoms. The fourth-order valence-electron chi connectivity index (χ4n) is 3.46. The Morgan fingerprint density at radius 2 is 2.00 bits per heavy atom. The summed E-state index contributed by atoms with van der Waals surface area (Å²) in [6.45, 7) is 0.171. The van der Waals surface area contributed by atoms with Crippen LogP contribution in [0.2, 0.25) is 0 Å². The van der Waals surface area contributed by atoms with Gasteiger partial charge in [0.2, 0.25) is 12.7 Å². The Labute approximate surface area is 160 Å². The maximum absolute atomic E-state index is 12.6. The number of aromatic nitrogens is 1. The summed E-state index contributed by atoms with van der Waals surface area (Å²) in [5.41, 5.74) is 1.31. The zero-order chi connectivity index (χ0) is 18.4. The van der Waals surface area contributed by atoms with Crippen LogP contribution in [-0.4, -0.2) is 29.6 Å². The van der Waals surface area contributed by atoms with Crippen LogP contribution < -0.4 is 20.1 Å². The van der Waals surface area contributed by atoms with Crippen molar-refractivity contribution in [2.75, 3.05) is 12.1 Å². The number of anilines is 1. The third-order valence-electron chi connectivity index (χ3n) is 5.05. The molecule has 2 heterocycles. The number of hydrogen-bond acceptors (Lipinski definition) is 6. The lowest BCUT2D eigenvalue weighted by Gasteiger charge is -2.20. The highest BCUT2D eigenvalue weighted by atomic mass is 32.1. The lowest BCUT2D eigenvalue weighted by molar-refractivity contribution is -0.123. The summed E-state index contributed by atoms with van der Waals surface area (Å²) >= 11 is 1.46. The van der Waals surface area contributed by atoms with E-state index in [1.54, 1.807) is 18.2 Å². The summed E-state index contributed by atoms with van der Waals surface area (Å²) in [7, 11) is 0. The minimum absolute atomic E-state index is 0.0670. The summed E-state index contributed by atoms with van der Waals surface area (Å²) in [6, 6.07) is 5.42. The number of carbonyl (C=O) groups is 2. The van der Waals surface area contributed by atoms with Crippen molar-refractivity contribution in [3.63, 3.8) is 0 Å². The zero-order valence-corrected chi connectivity index (χ0v) is 15.4. The molecule has 1 saturated carbocycles. The largest absolute Gasteiger partial charge is 0.454 e. The van der Waals surface area contributed by atoms with E-state index in [1.165, 1.54) is 11.3 Å². The van der Waals surface area contributed by atoms with Gasteiger partial charge in [0, 0.05) is 16.5 Å². The molecule has 2 amide bonds. The number of amides is 2. The second kappa shape index (κ2) is 6.53. The molecule has 0 radical (unpaired) electrons. The first-order valence-corrected chi connectivity index (χ1v) is 10.00. The van der Waals surface area contributed by atoms with E-state index < -0.39 is 0 Å². The molecular weight excluding hydrogens is 366 g/mol. The number of aryl methyl sites for hydroxylation is 1. The van der Waals surface area contributed by atoms with Gasteiger partial charge in [-0.3, -0.25) is 14.9 Å². The molecule has 2 aromatic rings. The SMILES string of the molecule is O=C(Nc1nc2c(s1)CCC[C@@H]2C(=O)NC1CC1)c1ccc2c(c1)OCO2. The van der Waals surface area contributed by atoms with Gasteiger partial charge in [-0.2, -0.15) is 0 Å². The van der Waals surface area contributed by atoms with Crippen LogP contribution in [0.5, 0.6) is 11.5 Å². The Morgan fingerprint density at radius 3 is 2.85 bits per heavy atom. The third-order valence-corrected chi connectivity index (χ3v) is 6.10. The van der Waals surface area contributed by atoms with Crippen molar-refractivity contribution >= 4 is 28.3 Å². The second-order valence-electron chi connectivity index (χ2n) is 7.08. The number of ether oxygens (including phenoxy) is 2. The molecule has 2 aliphatic carbocycles. The second-order valence-corrected chi connectivity index (χ2v) is 8.16. The van der Waals surface area contributed by atoms with E-state index in [0.717, 1.165) is 42.7 Å². The van der Waals surface area contributed by atoms with Crippen LogP contribution in [0, 0.1) is 0 Å². The Kier molecular flexibility index (Phi) is 4.00. The van der Waals surface area contributed by atoms with E-state index in [9.17, 15) is 9.59 Å². The third kappa shape index (κ3) is 3.25. The van der Waals surface area contributed by atoms with E-state index in [2.05, 4.69) is 15.6 Å². The predicted octanol–water partition coefficient (Wildman–Crippen LogP) is 2.82. The van der Waals surface area contributed by atoms with Gasteiger partial charge in [-0.25, -0.2) is 4.98 Å². The average molecular weight is 385 g/mol. The molecule has 140 valence electrons. The molecule has 1 atom stereocenters. The van der Waals surface area contributed by atoms with Gasteiger partial charge in [0.1, 0.15) is 0 Å². The molecule has 0 saturated heterocycles. The van der Waals surface area contributed by atoms with E-state index in [1.807, 2.05) is 0 Å². The maximum atomic E-state index is 12.6. The van der Waals surface area contributed by atoms with Crippen molar-refractivity contribution in [1.82, 2.24) is 10.3 Å². The van der Waals surface area contributed by atoms with Crippen LogP contribution >= 0.6 is 11.3 Å². The molecule has 1 aromatic carbocycles. The Hall–Kier alpha value is -2.61. The van der Waals surface area contributed by atoms with Gasteiger partial charge in [-0.1, -0.05) is 0 Å². The minimum atomic E-state index is -0.252. The van der Waals surface area contributed by atoms with Gasteiger partial charge in [-0.05, 0) is 50.3 Å². The fourth-order valence-corrected chi connectivity index (χ4v) is 4.52. The van der Waals surface area contributed by atoms with Crippen molar-refractivity contribution in [3.8, 4) is 11.5 Å². The lowest BCUT2D eigenvalue weighted by atomic mass is 9.90. The normalized spacial score (nSPS) is 20.1. The first-order valence-electron chi connectivity index (χ1n) is 9.18. The molecule has 27 heavy (non-hydrogen) atoms. The maximum Gasteiger partial charge on any atom is 0.257 e. The number of fused-ring (bicyclic) bond motifs is 2. The molecule has 1 fully saturated rings. The number of rotatable bonds is 4. The zero-order valence-electron chi connectivity index (χ0n) is 14.6. The smallest absolute Gasteiger partial charge is 0.257 e. The van der Waals surface area contributed by atoms with Crippen molar-refractivity contribution in [2.24, 2.45) is 0 Å². The number of nitrogens with one attached hydrogen (secondary N) is 2. The van der Waals surface area contributed by atoms with Crippen LogP contribution in [0.15, 0.2) is 18.2 Å². The van der Waals surface area contributed by atoms with Crippen molar-refractivity contribution in [1.29, 1.82) is 0 Å². The first kappa shape index (κ1) is 16.6. The summed E-state index contributed by atoms with van der Waals surface area (Å²) in [5, 5.41) is 6.47. The van der Waals surface area contributed by atoms with Gasteiger partial charge in [0.25, 0.3) is 5.91 Å². The molecule has 2 N–H and O–H groups in total. The average Bonchev–Trinajstić information content (AvgIpc) is 3.19. The lowest BCUT2D eigenvalue weighted by Crippen LogP contribution is -2.32. The number of thiazole rings is 1.